The van der Waals surface area contributed by atoms with E-state index >= 15 is 0 Å². The highest BCUT2D eigenvalue weighted by Gasteiger charge is 2.49. The number of fused-ring (bicyclic) bond motifs is 2. The lowest BCUT2D eigenvalue weighted by atomic mass is 9.89. The molecule has 25 heavy (non-hydrogen) atoms. The summed E-state index contributed by atoms with van der Waals surface area (Å²) in [7, 11) is 0. The summed E-state index contributed by atoms with van der Waals surface area (Å²) in [5, 5.41) is 18.7. The van der Waals surface area contributed by atoms with Gasteiger partial charge in [0.2, 0.25) is 0 Å². The monoisotopic (exact) mass is 352 g/mol. The Morgan fingerprint density at radius 3 is 2.76 bits per heavy atom. The number of rotatable bonds is 12. The number of carboxylic acid groups (broad SMARTS) is 1. The van der Waals surface area contributed by atoms with Crippen molar-refractivity contribution < 1.29 is 24.8 Å². The van der Waals surface area contributed by atoms with E-state index < -0.39 is 5.97 Å². The first-order valence-corrected chi connectivity index (χ1v) is 9.67. The molecule has 1 aliphatic heterocycles. The summed E-state index contributed by atoms with van der Waals surface area (Å²) in [5.74, 6) is -0.0912. The van der Waals surface area contributed by atoms with E-state index in [1.54, 1.807) is 0 Å². The van der Waals surface area contributed by atoms with Crippen molar-refractivity contribution in [3.8, 4) is 0 Å². The summed E-state index contributed by atoms with van der Waals surface area (Å²) in [4.78, 5) is 21.3. The Kier molecular flexibility index (Phi) is 8.65. The normalized spacial score (nSPS) is 29.8. The standard InChI is InChI=1S/C20H32O5/c1-2-3-6-9-15(21)12-13-17-16(18-14-19(17)25-24-18)10-7-4-5-8-11-20(22)23/h4,7,12-13,15-19,21H,2-3,5-6,8-11,14H2,1H3,(H,22,23)/b7-4-,13-12+/t15-,16+,17?,18?,19?/m0/s1. The third-order valence-electron chi connectivity index (χ3n) is 5.16. The Labute approximate surface area is 150 Å². The number of hydrogen-bond acceptors (Lipinski definition) is 4. The van der Waals surface area contributed by atoms with Gasteiger partial charge in [0.25, 0.3) is 0 Å². The van der Waals surface area contributed by atoms with Crippen LogP contribution in [0.1, 0.15) is 64.7 Å². The fourth-order valence-corrected chi connectivity index (χ4v) is 3.72. The molecule has 1 saturated heterocycles. The molecule has 1 heterocycles. The third kappa shape index (κ3) is 6.57. The van der Waals surface area contributed by atoms with Crippen LogP contribution in [0.25, 0.3) is 0 Å². The van der Waals surface area contributed by atoms with Crippen LogP contribution < -0.4 is 0 Å². The number of hydrogen-bond donors (Lipinski definition) is 2. The van der Waals surface area contributed by atoms with Crippen LogP contribution in [0.3, 0.4) is 0 Å². The summed E-state index contributed by atoms with van der Waals surface area (Å²) in [6, 6.07) is 0. The smallest absolute Gasteiger partial charge is 0.303 e. The first-order valence-electron chi connectivity index (χ1n) is 9.67. The maximum atomic E-state index is 10.5. The molecule has 2 aliphatic rings. The molecule has 142 valence electrons. The second kappa shape index (κ2) is 10.7. The minimum Gasteiger partial charge on any atom is -0.481 e. The third-order valence-corrected chi connectivity index (χ3v) is 5.16. The molecule has 0 aromatic rings. The van der Waals surface area contributed by atoms with E-state index in [1.165, 1.54) is 0 Å². The molecule has 0 aromatic carbocycles. The first kappa shape index (κ1) is 20.1. The second-order valence-corrected chi connectivity index (χ2v) is 7.19. The van der Waals surface area contributed by atoms with Gasteiger partial charge in [0.05, 0.1) is 12.2 Å². The van der Waals surface area contributed by atoms with Crippen molar-refractivity contribution >= 4 is 5.97 Å². The quantitative estimate of drug-likeness (QED) is 0.315. The molecule has 0 radical (unpaired) electrons. The van der Waals surface area contributed by atoms with Crippen molar-refractivity contribution in [2.24, 2.45) is 11.8 Å². The number of aliphatic hydroxyl groups is 1. The van der Waals surface area contributed by atoms with E-state index in [2.05, 4.69) is 25.2 Å². The van der Waals surface area contributed by atoms with Crippen LogP contribution in [0.2, 0.25) is 0 Å². The molecular weight excluding hydrogens is 320 g/mol. The number of allylic oxidation sites excluding steroid dienone is 2. The Morgan fingerprint density at radius 1 is 1.20 bits per heavy atom. The van der Waals surface area contributed by atoms with Gasteiger partial charge in [0.15, 0.2) is 0 Å². The van der Waals surface area contributed by atoms with Crippen LogP contribution in [0.4, 0.5) is 0 Å². The van der Waals surface area contributed by atoms with Gasteiger partial charge in [-0.15, -0.1) is 0 Å². The fourth-order valence-electron chi connectivity index (χ4n) is 3.72. The molecule has 5 atom stereocenters. The number of aliphatic carboxylic acids is 1. The minimum atomic E-state index is -0.741. The topological polar surface area (TPSA) is 76.0 Å². The van der Waals surface area contributed by atoms with Gasteiger partial charge in [0.1, 0.15) is 6.10 Å². The Bertz CT molecular complexity index is 459. The van der Waals surface area contributed by atoms with Crippen LogP contribution in [-0.4, -0.2) is 34.5 Å². The highest BCUT2D eigenvalue weighted by atomic mass is 17.2. The van der Waals surface area contributed by atoms with Crippen molar-refractivity contribution in [1.82, 2.24) is 0 Å². The molecule has 5 nitrogen and oxygen atoms in total. The van der Waals surface area contributed by atoms with Crippen LogP contribution in [0.15, 0.2) is 24.3 Å². The van der Waals surface area contributed by atoms with Crippen LogP contribution >= 0.6 is 0 Å². The lowest BCUT2D eigenvalue weighted by Gasteiger charge is -2.27. The van der Waals surface area contributed by atoms with Gasteiger partial charge in [-0.25, -0.2) is 9.78 Å². The van der Waals surface area contributed by atoms with Crippen molar-refractivity contribution in [3.05, 3.63) is 24.3 Å². The molecule has 0 spiro atoms. The average Bonchev–Trinajstić information content (AvgIpc) is 3.17. The average molecular weight is 352 g/mol. The molecule has 2 N–H and O–H groups in total. The lowest BCUT2D eigenvalue weighted by molar-refractivity contribution is -0.336. The van der Waals surface area contributed by atoms with Crippen LogP contribution in [0.5, 0.6) is 0 Å². The summed E-state index contributed by atoms with van der Waals surface area (Å²) in [6.07, 6.45) is 15.8. The van der Waals surface area contributed by atoms with Gasteiger partial charge >= 0.3 is 5.97 Å². The van der Waals surface area contributed by atoms with E-state index in [-0.39, 0.29) is 30.7 Å². The molecule has 1 saturated carbocycles. The van der Waals surface area contributed by atoms with E-state index in [0.29, 0.717) is 12.3 Å². The van der Waals surface area contributed by atoms with Gasteiger partial charge in [-0.2, -0.15) is 0 Å². The lowest BCUT2D eigenvalue weighted by Crippen LogP contribution is -2.28. The maximum absolute atomic E-state index is 10.5. The molecule has 0 amide bonds. The summed E-state index contributed by atoms with van der Waals surface area (Å²) in [6.45, 7) is 2.16. The van der Waals surface area contributed by atoms with Crippen molar-refractivity contribution in [1.29, 1.82) is 0 Å². The zero-order valence-corrected chi connectivity index (χ0v) is 15.2. The minimum absolute atomic E-state index is 0.0921. The van der Waals surface area contributed by atoms with Crippen LogP contribution in [0, 0.1) is 11.8 Å². The number of aliphatic hydroxyl groups excluding tert-OH is 1. The zero-order chi connectivity index (χ0) is 18.1. The van der Waals surface area contributed by atoms with E-state index in [1.807, 2.05) is 6.08 Å². The summed E-state index contributed by atoms with van der Waals surface area (Å²) < 4.78 is 0. The predicted molar refractivity (Wildman–Crippen MR) is 95.9 cm³/mol. The van der Waals surface area contributed by atoms with Gasteiger partial charge in [-0.3, -0.25) is 4.79 Å². The molecule has 5 heteroatoms. The Morgan fingerprint density at radius 2 is 2.00 bits per heavy atom. The highest BCUT2D eigenvalue weighted by molar-refractivity contribution is 5.66. The van der Waals surface area contributed by atoms with Crippen LogP contribution in [-0.2, 0) is 14.6 Å². The van der Waals surface area contributed by atoms with Crippen molar-refractivity contribution in [2.75, 3.05) is 0 Å². The second-order valence-electron chi connectivity index (χ2n) is 7.19. The Balaban J connectivity index is 1.78. The van der Waals surface area contributed by atoms with E-state index in [0.717, 1.165) is 44.9 Å². The summed E-state index contributed by atoms with van der Waals surface area (Å²) in [5.41, 5.74) is 0. The number of carboxylic acids is 1. The fraction of sp³-hybridized carbons (Fsp3) is 0.750. The molecule has 3 unspecified atom stereocenters. The number of unbranched alkanes of at least 4 members (excludes halogenated alkanes) is 3. The molecular formula is C20H32O5. The van der Waals surface area contributed by atoms with Gasteiger partial charge in [0, 0.05) is 24.7 Å². The zero-order valence-electron chi connectivity index (χ0n) is 15.2. The SMILES string of the molecule is CCCCC[C@H](O)/C=C/C1C2CC(OO2)[C@@H]1C/C=C\CCCC(=O)O. The van der Waals surface area contributed by atoms with Crippen molar-refractivity contribution in [3.63, 3.8) is 0 Å². The first-order chi connectivity index (χ1) is 12.1. The molecule has 1 aliphatic carbocycles. The largest absolute Gasteiger partial charge is 0.481 e. The van der Waals surface area contributed by atoms with E-state index in [4.69, 9.17) is 14.9 Å². The summed E-state index contributed by atoms with van der Waals surface area (Å²) >= 11 is 0. The molecule has 2 rings (SSSR count). The van der Waals surface area contributed by atoms with Gasteiger partial charge in [-0.05, 0) is 25.7 Å². The molecule has 0 aromatic heterocycles. The Hall–Kier alpha value is -1.17. The predicted octanol–water partition coefficient (Wildman–Crippen LogP) is 4.02. The number of carbonyl (C=O) groups is 1. The van der Waals surface area contributed by atoms with Gasteiger partial charge < -0.3 is 10.2 Å². The van der Waals surface area contributed by atoms with Gasteiger partial charge in [-0.1, -0.05) is 50.5 Å². The highest BCUT2D eigenvalue weighted by Crippen LogP contribution is 2.44. The molecule has 2 fully saturated rings. The maximum Gasteiger partial charge on any atom is 0.303 e. The molecule has 2 bridgehead atoms. The van der Waals surface area contributed by atoms with E-state index in [9.17, 15) is 9.90 Å². The van der Waals surface area contributed by atoms with Crippen molar-refractivity contribution in [2.45, 2.75) is 83.0 Å².